The van der Waals surface area contributed by atoms with Crippen LogP contribution in [0, 0.1) is 0 Å². The first-order valence-electron chi connectivity index (χ1n) is 16.7. The molecule has 0 unspecified atom stereocenters. The van der Waals surface area contributed by atoms with Gasteiger partial charge in [0.15, 0.2) is 11.6 Å². The Balaban J connectivity index is 1.20. The van der Waals surface area contributed by atoms with Crippen molar-refractivity contribution in [2.24, 2.45) is 0 Å². The smallest absolute Gasteiger partial charge is 0.238 e. The normalized spacial score (nSPS) is 11.6. The number of hydrogen-bond acceptors (Lipinski definition) is 4. The Bertz CT molecular complexity index is 2870. The van der Waals surface area contributed by atoms with Gasteiger partial charge < -0.3 is 4.42 Å². The summed E-state index contributed by atoms with van der Waals surface area (Å²) in [4.78, 5) is 15.4. The summed E-state index contributed by atoms with van der Waals surface area (Å²) in [7, 11) is 0. The van der Waals surface area contributed by atoms with Crippen LogP contribution in [0.15, 0.2) is 174 Å². The number of fused-ring (bicyclic) bond motifs is 6. The van der Waals surface area contributed by atoms with E-state index in [0.29, 0.717) is 17.6 Å². The summed E-state index contributed by atoms with van der Waals surface area (Å²) in [5.41, 5.74) is 10.2. The maximum atomic E-state index is 6.14. The highest BCUT2D eigenvalue weighted by molar-refractivity contribution is 6.10. The van der Waals surface area contributed by atoms with Crippen molar-refractivity contribution in [1.82, 2.24) is 19.5 Å². The van der Waals surface area contributed by atoms with E-state index in [1.807, 2.05) is 66.7 Å². The second-order valence-corrected chi connectivity index (χ2v) is 12.5. The minimum atomic E-state index is 0.562. The number of nitrogens with zero attached hydrogens (tertiary/aromatic N) is 4. The maximum Gasteiger partial charge on any atom is 0.238 e. The number of hydrogen-bond donors (Lipinski definition) is 0. The highest BCUT2D eigenvalue weighted by Crippen LogP contribution is 2.37. The zero-order valence-electron chi connectivity index (χ0n) is 26.9. The van der Waals surface area contributed by atoms with Gasteiger partial charge in [-0.15, -0.1) is 0 Å². The summed E-state index contributed by atoms with van der Waals surface area (Å²) < 4.78 is 8.32. The summed E-state index contributed by atoms with van der Waals surface area (Å²) in [5.74, 6) is 1.77. The van der Waals surface area contributed by atoms with Gasteiger partial charge in [-0.1, -0.05) is 127 Å². The number of furan rings is 1. The van der Waals surface area contributed by atoms with Crippen molar-refractivity contribution in [1.29, 1.82) is 0 Å². The molecule has 0 radical (unpaired) electrons. The Hall–Kier alpha value is -6.85. The average Bonchev–Trinajstić information content (AvgIpc) is 3.73. The maximum absolute atomic E-state index is 6.14. The summed E-state index contributed by atoms with van der Waals surface area (Å²) >= 11 is 0. The van der Waals surface area contributed by atoms with Gasteiger partial charge in [-0.05, 0) is 64.7 Å². The van der Waals surface area contributed by atoms with Crippen LogP contribution >= 0.6 is 0 Å². The first kappa shape index (κ1) is 28.2. The zero-order valence-corrected chi connectivity index (χ0v) is 26.9. The first-order valence-corrected chi connectivity index (χ1v) is 16.7. The topological polar surface area (TPSA) is 56.7 Å². The number of aromatic nitrogens is 4. The number of rotatable bonds is 5. The molecular formula is C45H28N4O. The summed E-state index contributed by atoms with van der Waals surface area (Å²) in [6, 6.07) is 58.8. The second kappa shape index (κ2) is 11.4. The third kappa shape index (κ3) is 4.67. The average molecular weight is 641 g/mol. The van der Waals surface area contributed by atoms with E-state index in [9.17, 15) is 0 Å². The Morgan fingerprint density at radius 2 is 0.920 bits per heavy atom. The Morgan fingerprint density at radius 3 is 1.74 bits per heavy atom. The number of para-hydroxylation sites is 2. The molecule has 0 saturated heterocycles. The van der Waals surface area contributed by atoms with E-state index in [-0.39, 0.29) is 0 Å². The lowest BCUT2D eigenvalue weighted by atomic mass is 9.98. The molecule has 0 atom stereocenters. The molecule has 3 heterocycles. The van der Waals surface area contributed by atoms with Crippen LogP contribution in [0.2, 0.25) is 0 Å². The van der Waals surface area contributed by atoms with Gasteiger partial charge in [-0.25, -0.2) is 4.98 Å². The highest BCUT2D eigenvalue weighted by atomic mass is 16.3. The van der Waals surface area contributed by atoms with Gasteiger partial charge in [0.25, 0.3) is 0 Å². The first-order chi connectivity index (χ1) is 24.8. The molecule has 7 aromatic carbocycles. The van der Waals surface area contributed by atoms with E-state index in [1.54, 1.807) is 0 Å². The van der Waals surface area contributed by atoms with Crippen molar-refractivity contribution < 1.29 is 4.42 Å². The van der Waals surface area contributed by atoms with Crippen molar-refractivity contribution >= 4 is 43.7 Å². The van der Waals surface area contributed by atoms with E-state index >= 15 is 0 Å². The molecule has 0 aliphatic rings. The molecule has 0 N–H and O–H groups in total. The molecule has 50 heavy (non-hydrogen) atoms. The van der Waals surface area contributed by atoms with Crippen molar-refractivity contribution in [3.8, 4) is 51.0 Å². The van der Waals surface area contributed by atoms with Gasteiger partial charge in [0.05, 0.1) is 11.0 Å². The Labute approximate surface area is 287 Å². The van der Waals surface area contributed by atoms with E-state index in [0.717, 1.165) is 66.0 Å². The van der Waals surface area contributed by atoms with Crippen LogP contribution in [-0.2, 0) is 0 Å². The van der Waals surface area contributed by atoms with Gasteiger partial charge in [0.2, 0.25) is 5.95 Å². The van der Waals surface area contributed by atoms with Crippen LogP contribution in [0.5, 0.6) is 0 Å². The van der Waals surface area contributed by atoms with Crippen LogP contribution in [0.1, 0.15) is 0 Å². The Morgan fingerprint density at radius 1 is 0.340 bits per heavy atom. The van der Waals surface area contributed by atoms with Crippen LogP contribution < -0.4 is 0 Å². The van der Waals surface area contributed by atoms with E-state index in [1.165, 1.54) is 11.1 Å². The molecule has 0 saturated carbocycles. The highest BCUT2D eigenvalue weighted by Gasteiger charge is 2.19. The van der Waals surface area contributed by atoms with Crippen molar-refractivity contribution in [3.05, 3.63) is 170 Å². The summed E-state index contributed by atoms with van der Waals surface area (Å²) in [5, 5.41) is 4.37. The van der Waals surface area contributed by atoms with Crippen LogP contribution in [0.25, 0.3) is 94.7 Å². The quantitative estimate of drug-likeness (QED) is 0.188. The van der Waals surface area contributed by atoms with E-state index < -0.39 is 0 Å². The molecule has 0 fully saturated rings. The molecule has 10 aromatic rings. The molecular weight excluding hydrogens is 613 g/mol. The van der Waals surface area contributed by atoms with Crippen molar-refractivity contribution in [2.75, 3.05) is 0 Å². The minimum Gasteiger partial charge on any atom is -0.456 e. The molecule has 234 valence electrons. The van der Waals surface area contributed by atoms with Crippen LogP contribution in [0.3, 0.4) is 0 Å². The third-order valence-electron chi connectivity index (χ3n) is 9.47. The van der Waals surface area contributed by atoms with Crippen LogP contribution in [-0.4, -0.2) is 19.5 Å². The lowest BCUT2D eigenvalue weighted by molar-refractivity contribution is 0.669. The van der Waals surface area contributed by atoms with Crippen molar-refractivity contribution in [2.45, 2.75) is 0 Å². The van der Waals surface area contributed by atoms with Gasteiger partial charge in [0, 0.05) is 32.7 Å². The van der Waals surface area contributed by atoms with Gasteiger partial charge in [0.1, 0.15) is 11.2 Å². The summed E-state index contributed by atoms with van der Waals surface area (Å²) in [6.07, 6.45) is 0. The second-order valence-electron chi connectivity index (χ2n) is 12.5. The molecule has 0 spiro atoms. The molecule has 10 rings (SSSR count). The molecule has 3 aromatic heterocycles. The lowest BCUT2D eigenvalue weighted by Gasteiger charge is -2.12. The SMILES string of the molecule is c1ccc(-c2cccc(-c3ccc4c5ccccc5n(-c5nc(-c6ccccc6)nc(-c6ccc7oc8ccccc8c7c6)n5)c4c3)c2)cc1. The van der Waals surface area contributed by atoms with E-state index in [2.05, 4.69) is 108 Å². The fourth-order valence-corrected chi connectivity index (χ4v) is 7.05. The van der Waals surface area contributed by atoms with Gasteiger partial charge >= 0.3 is 0 Å². The fourth-order valence-electron chi connectivity index (χ4n) is 7.05. The fraction of sp³-hybridized carbons (Fsp3) is 0. The monoisotopic (exact) mass is 640 g/mol. The van der Waals surface area contributed by atoms with Gasteiger partial charge in [-0.2, -0.15) is 9.97 Å². The summed E-state index contributed by atoms with van der Waals surface area (Å²) in [6.45, 7) is 0. The standard InChI is InChI=1S/C45H28N4O/c1-3-12-29(13-4-1)31-16-11-17-32(26-31)33-22-24-36-35-18-7-9-20-39(35)49(40(36)28-33)45-47-43(30-14-5-2-6-15-30)46-44(48-45)34-23-25-42-38(27-34)37-19-8-10-21-41(37)50-42/h1-28H. The molecule has 0 aliphatic heterocycles. The van der Waals surface area contributed by atoms with Crippen molar-refractivity contribution in [3.63, 3.8) is 0 Å². The Kier molecular flexibility index (Phi) is 6.42. The molecule has 0 amide bonds. The largest absolute Gasteiger partial charge is 0.456 e. The molecule has 5 nitrogen and oxygen atoms in total. The third-order valence-corrected chi connectivity index (χ3v) is 9.47. The predicted molar refractivity (Wildman–Crippen MR) is 203 cm³/mol. The molecule has 0 bridgehead atoms. The predicted octanol–water partition coefficient (Wildman–Crippen LogP) is 11.5. The zero-order chi connectivity index (χ0) is 33.0. The van der Waals surface area contributed by atoms with E-state index in [4.69, 9.17) is 19.4 Å². The molecule has 0 aliphatic carbocycles. The lowest BCUT2D eigenvalue weighted by Crippen LogP contribution is -2.06. The minimum absolute atomic E-state index is 0.562. The molecule has 5 heteroatoms. The van der Waals surface area contributed by atoms with Gasteiger partial charge in [-0.3, -0.25) is 4.57 Å². The number of benzene rings is 7. The van der Waals surface area contributed by atoms with Crippen LogP contribution in [0.4, 0.5) is 0 Å².